The number of aryl methyl sites for hydroxylation is 1. The summed E-state index contributed by atoms with van der Waals surface area (Å²) in [7, 11) is -3.65. The highest BCUT2D eigenvalue weighted by molar-refractivity contribution is 7.89. The standard InChI is InChI=1S/C21H26N2O5S/c1-3-28-18-7-5-17(6-8-18)15-22-21(24)20-14-19(9-4-16(20)2)29(25,26)23-10-12-27-13-11-23/h4-9,14H,3,10-13,15H2,1-2H3,(H,22,24). The Balaban J connectivity index is 1.72. The fourth-order valence-electron chi connectivity index (χ4n) is 3.09. The van der Waals surface area contributed by atoms with Crippen molar-refractivity contribution in [2.45, 2.75) is 25.3 Å². The minimum Gasteiger partial charge on any atom is -0.494 e. The van der Waals surface area contributed by atoms with Gasteiger partial charge in [0, 0.05) is 25.2 Å². The average molecular weight is 419 g/mol. The Morgan fingerprint density at radius 2 is 1.83 bits per heavy atom. The quantitative estimate of drug-likeness (QED) is 0.746. The van der Waals surface area contributed by atoms with E-state index >= 15 is 0 Å². The molecule has 0 aromatic heterocycles. The second kappa shape index (κ2) is 9.39. The van der Waals surface area contributed by atoms with Gasteiger partial charge in [0.1, 0.15) is 5.75 Å². The van der Waals surface area contributed by atoms with Gasteiger partial charge in [0.05, 0.1) is 24.7 Å². The fourth-order valence-corrected chi connectivity index (χ4v) is 4.52. The van der Waals surface area contributed by atoms with E-state index in [1.807, 2.05) is 31.2 Å². The van der Waals surface area contributed by atoms with Crippen molar-refractivity contribution in [3.8, 4) is 5.75 Å². The summed E-state index contributed by atoms with van der Waals surface area (Å²) in [6.45, 7) is 6.02. The normalized spacial score (nSPS) is 15.1. The van der Waals surface area contributed by atoms with E-state index in [9.17, 15) is 13.2 Å². The van der Waals surface area contributed by atoms with Gasteiger partial charge in [0.25, 0.3) is 5.91 Å². The maximum absolute atomic E-state index is 12.9. The summed E-state index contributed by atoms with van der Waals surface area (Å²) >= 11 is 0. The molecule has 0 atom stereocenters. The molecular weight excluding hydrogens is 392 g/mol. The third-order valence-corrected chi connectivity index (χ3v) is 6.64. The molecule has 2 aromatic rings. The van der Waals surface area contributed by atoms with Crippen molar-refractivity contribution in [3.63, 3.8) is 0 Å². The number of morpholine rings is 1. The minimum atomic E-state index is -3.65. The van der Waals surface area contributed by atoms with Crippen LogP contribution in [0.25, 0.3) is 0 Å². The van der Waals surface area contributed by atoms with Crippen molar-refractivity contribution in [2.24, 2.45) is 0 Å². The van der Waals surface area contributed by atoms with Gasteiger partial charge in [0.15, 0.2) is 0 Å². The van der Waals surface area contributed by atoms with Gasteiger partial charge in [0.2, 0.25) is 10.0 Å². The van der Waals surface area contributed by atoms with E-state index in [-0.39, 0.29) is 10.8 Å². The molecule has 156 valence electrons. The van der Waals surface area contributed by atoms with E-state index in [1.165, 1.54) is 10.4 Å². The molecule has 8 heteroatoms. The van der Waals surface area contributed by atoms with Gasteiger partial charge < -0.3 is 14.8 Å². The molecule has 1 fully saturated rings. The number of hydrogen-bond donors (Lipinski definition) is 1. The van der Waals surface area contributed by atoms with Gasteiger partial charge in [-0.05, 0) is 49.2 Å². The predicted octanol–water partition coefficient (Wildman–Crippen LogP) is 2.34. The van der Waals surface area contributed by atoms with Gasteiger partial charge in [-0.2, -0.15) is 4.31 Å². The molecule has 29 heavy (non-hydrogen) atoms. The predicted molar refractivity (Wildman–Crippen MR) is 110 cm³/mol. The SMILES string of the molecule is CCOc1ccc(CNC(=O)c2cc(S(=O)(=O)N3CCOCC3)ccc2C)cc1. The van der Waals surface area contributed by atoms with Gasteiger partial charge in [-0.15, -0.1) is 0 Å². The average Bonchev–Trinajstić information content (AvgIpc) is 2.74. The Morgan fingerprint density at radius 1 is 1.14 bits per heavy atom. The highest BCUT2D eigenvalue weighted by Gasteiger charge is 2.27. The molecule has 1 heterocycles. The molecule has 7 nitrogen and oxygen atoms in total. The molecule has 1 amide bonds. The zero-order chi connectivity index (χ0) is 20.9. The monoisotopic (exact) mass is 418 g/mol. The summed E-state index contributed by atoms with van der Waals surface area (Å²) in [6.07, 6.45) is 0. The Bertz CT molecular complexity index is 952. The van der Waals surface area contributed by atoms with Crippen LogP contribution in [-0.2, 0) is 21.3 Å². The molecule has 3 rings (SSSR count). The van der Waals surface area contributed by atoms with Crippen LogP contribution in [0.15, 0.2) is 47.4 Å². The summed E-state index contributed by atoms with van der Waals surface area (Å²) in [5.74, 6) is 0.467. The molecule has 2 aromatic carbocycles. The van der Waals surface area contributed by atoms with Crippen molar-refractivity contribution in [2.75, 3.05) is 32.9 Å². The maximum Gasteiger partial charge on any atom is 0.251 e. The van der Waals surface area contributed by atoms with Crippen molar-refractivity contribution < 1.29 is 22.7 Å². The number of amides is 1. The Kier molecular flexibility index (Phi) is 6.89. The van der Waals surface area contributed by atoms with Gasteiger partial charge in [-0.25, -0.2) is 8.42 Å². The van der Waals surface area contributed by atoms with Crippen LogP contribution >= 0.6 is 0 Å². The first-order valence-electron chi connectivity index (χ1n) is 9.60. The number of sulfonamides is 1. The molecule has 0 unspecified atom stereocenters. The number of rotatable bonds is 7. The molecule has 1 N–H and O–H groups in total. The second-order valence-electron chi connectivity index (χ2n) is 6.75. The van der Waals surface area contributed by atoms with Crippen LogP contribution in [0.4, 0.5) is 0 Å². The smallest absolute Gasteiger partial charge is 0.251 e. The van der Waals surface area contributed by atoms with E-state index in [0.29, 0.717) is 45.0 Å². The topological polar surface area (TPSA) is 84.9 Å². The summed E-state index contributed by atoms with van der Waals surface area (Å²) < 4.78 is 37.8. The van der Waals surface area contributed by atoms with Crippen LogP contribution in [-0.4, -0.2) is 51.5 Å². The molecule has 1 aliphatic heterocycles. The van der Waals surface area contributed by atoms with E-state index in [4.69, 9.17) is 9.47 Å². The highest BCUT2D eigenvalue weighted by atomic mass is 32.2. The van der Waals surface area contributed by atoms with Crippen LogP contribution in [0.2, 0.25) is 0 Å². The number of benzene rings is 2. The molecule has 0 saturated carbocycles. The molecule has 0 bridgehead atoms. The van der Waals surface area contributed by atoms with Crippen LogP contribution in [0.3, 0.4) is 0 Å². The number of carbonyl (C=O) groups excluding carboxylic acids is 1. The first kappa shape index (κ1) is 21.3. The molecule has 0 aliphatic carbocycles. The van der Waals surface area contributed by atoms with Gasteiger partial charge in [-0.1, -0.05) is 18.2 Å². The van der Waals surface area contributed by atoms with E-state index in [2.05, 4.69) is 5.32 Å². The fraction of sp³-hybridized carbons (Fsp3) is 0.381. The summed E-state index contributed by atoms with van der Waals surface area (Å²) in [4.78, 5) is 12.8. The Morgan fingerprint density at radius 3 is 2.48 bits per heavy atom. The van der Waals surface area contributed by atoms with Gasteiger partial charge >= 0.3 is 0 Å². The largest absolute Gasteiger partial charge is 0.494 e. The maximum atomic E-state index is 12.9. The number of carbonyl (C=O) groups is 1. The molecular formula is C21H26N2O5S. The van der Waals surface area contributed by atoms with Crippen LogP contribution in [0.1, 0.15) is 28.4 Å². The lowest BCUT2D eigenvalue weighted by atomic mass is 10.1. The molecule has 1 aliphatic rings. The van der Waals surface area contributed by atoms with E-state index in [1.54, 1.807) is 19.1 Å². The van der Waals surface area contributed by atoms with Crippen molar-refractivity contribution >= 4 is 15.9 Å². The lowest BCUT2D eigenvalue weighted by molar-refractivity contribution is 0.0730. The number of ether oxygens (including phenoxy) is 2. The Hall–Kier alpha value is -2.42. The highest BCUT2D eigenvalue weighted by Crippen LogP contribution is 2.21. The summed E-state index contributed by atoms with van der Waals surface area (Å²) in [6, 6.07) is 12.1. The zero-order valence-corrected chi connectivity index (χ0v) is 17.5. The number of nitrogens with one attached hydrogen (secondary N) is 1. The van der Waals surface area contributed by atoms with Crippen LogP contribution in [0, 0.1) is 6.92 Å². The minimum absolute atomic E-state index is 0.121. The number of nitrogens with zero attached hydrogens (tertiary/aromatic N) is 1. The van der Waals surface area contributed by atoms with Crippen LogP contribution < -0.4 is 10.1 Å². The van der Waals surface area contributed by atoms with Crippen molar-refractivity contribution in [1.82, 2.24) is 9.62 Å². The first-order chi connectivity index (χ1) is 13.9. The van der Waals surface area contributed by atoms with Crippen LogP contribution in [0.5, 0.6) is 5.75 Å². The third kappa shape index (κ3) is 5.14. The van der Waals surface area contributed by atoms with E-state index < -0.39 is 10.0 Å². The zero-order valence-electron chi connectivity index (χ0n) is 16.7. The van der Waals surface area contributed by atoms with Crippen molar-refractivity contribution in [3.05, 3.63) is 59.2 Å². The lowest BCUT2D eigenvalue weighted by Gasteiger charge is -2.26. The first-order valence-corrected chi connectivity index (χ1v) is 11.0. The number of hydrogen-bond acceptors (Lipinski definition) is 5. The Labute approximate surface area is 171 Å². The summed E-state index contributed by atoms with van der Waals surface area (Å²) in [5, 5.41) is 2.86. The van der Waals surface area contributed by atoms with Crippen molar-refractivity contribution in [1.29, 1.82) is 0 Å². The van der Waals surface area contributed by atoms with Gasteiger partial charge in [-0.3, -0.25) is 4.79 Å². The third-order valence-electron chi connectivity index (χ3n) is 4.75. The molecule has 0 radical (unpaired) electrons. The second-order valence-corrected chi connectivity index (χ2v) is 8.69. The molecule has 0 spiro atoms. The lowest BCUT2D eigenvalue weighted by Crippen LogP contribution is -2.40. The van der Waals surface area contributed by atoms with E-state index in [0.717, 1.165) is 16.9 Å². The molecule has 1 saturated heterocycles. The summed E-state index contributed by atoms with van der Waals surface area (Å²) in [5.41, 5.74) is 2.00.